The molecule has 4 rings (SSSR count). The van der Waals surface area contributed by atoms with E-state index in [4.69, 9.17) is 14.2 Å². The Balaban J connectivity index is 1.36. The zero-order chi connectivity index (χ0) is 17.2. The minimum atomic E-state index is -0.110. The maximum Gasteiger partial charge on any atom is 0.161 e. The standard InChI is InChI=1S/C22H30O3/c1-15-17-11-12-18(13-17)21(15)22(23-2)25-20-10-6-9-19(20)24-14-16-7-4-3-5-8-16/h3-5,7-8,11-12,15,17-22H,6,9-10,13-14H2,1-2H3/t15-,17+,18?,19-,20+,21+,22-/m0/s1. The van der Waals surface area contributed by atoms with Crippen molar-refractivity contribution in [2.45, 2.75) is 57.7 Å². The first-order valence-corrected chi connectivity index (χ1v) is 9.78. The van der Waals surface area contributed by atoms with Gasteiger partial charge in [0.25, 0.3) is 0 Å². The minimum Gasteiger partial charge on any atom is -0.371 e. The zero-order valence-electron chi connectivity index (χ0n) is 15.3. The minimum absolute atomic E-state index is 0.110. The first-order valence-electron chi connectivity index (χ1n) is 9.78. The molecule has 3 aliphatic rings. The van der Waals surface area contributed by atoms with Crippen molar-refractivity contribution in [1.29, 1.82) is 0 Å². The SMILES string of the molecule is CO[C@@H](O[C@@H]1CCC[C@@H]1OCc1ccccc1)[C@H]1C2C=C[C@H](C2)[C@@H]1C. The summed E-state index contributed by atoms with van der Waals surface area (Å²) in [6, 6.07) is 10.4. The smallest absolute Gasteiger partial charge is 0.161 e. The quantitative estimate of drug-likeness (QED) is 0.536. The van der Waals surface area contributed by atoms with Gasteiger partial charge < -0.3 is 14.2 Å². The average Bonchev–Trinajstić information content (AvgIpc) is 3.35. The Kier molecular flexibility index (Phi) is 5.25. The lowest BCUT2D eigenvalue weighted by atomic mass is 9.84. The number of methoxy groups -OCH3 is 1. The van der Waals surface area contributed by atoms with Crippen molar-refractivity contribution in [3.8, 4) is 0 Å². The largest absolute Gasteiger partial charge is 0.371 e. The molecular weight excluding hydrogens is 312 g/mol. The van der Waals surface area contributed by atoms with Crippen molar-refractivity contribution in [2.75, 3.05) is 7.11 Å². The molecule has 0 heterocycles. The van der Waals surface area contributed by atoms with E-state index in [1.54, 1.807) is 7.11 Å². The van der Waals surface area contributed by atoms with Crippen molar-refractivity contribution < 1.29 is 14.2 Å². The van der Waals surface area contributed by atoms with Gasteiger partial charge in [-0.2, -0.15) is 0 Å². The van der Waals surface area contributed by atoms with Crippen LogP contribution in [0.15, 0.2) is 42.5 Å². The molecule has 3 aliphatic carbocycles. The third-order valence-electron chi connectivity index (χ3n) is 6.48. The molecular formula is C22H30O3. The molecule has 1 aromatic carbocycles. The average molecular weight is 342 g/mol. The number of rotatable bonds is 7. The number of benzene rings is 1. The Morgan fingerprint density at radius 2 is 1.80 bits per heavy atom. The van der Waals surface area contributed by atoms with E-state index in [0.29, 0.717) is 30.3 Å². The van der Waals surface area contributed by atoms with Crippen LogP contribution in [-0.4, -0.2) is 25.6 Å². The number of hydrogen-bond donors (Lipinski definition) is 0. The van der Waals surface area contributed by atoms with E-state index in [0.717, 1.165) is 12.8 Å². The Morgan fingerprint density at radius 3 is 2.52 bits per heavy atom. The predicted molar refractivity (Wildman–Crippen MR) is 97.9 cm³/mol. The van der Waals surface area contributed by atoms with Gasteiger partial charge in [-0.05, 0) is 49.0 Å². The molecule has 0 N–H and O–H groups in total. The van der Waals surface area contributed by atoms with Crippen LogP contribution in [0, 0.1) is 23.7 Å². The Bertz CT molecular complexity index is 584. The fourth-order valence-electron chi connectivity index (χ4n) is 5.05. The Labute approximate surface area is 151 Å². The summed E-state index contributed by atoms with van der Waals surface area (Å²) in [6.45, 7) is 3.02. The summed E-state index contributed by atoms with van der Waals surface area (Å²) in [6.07, 6.45) is 9.60. The molecule has 7 atom stereocenters. The maximum atomic E-state index is 6.49. The number of fused-ring (bicyclic) bond motifs is 2. The molecule has 1 unspecified atom stereocenters. The van der Waals surface area contributed by atoms with E-state index < -0.39 is 0 Å². The van der Waals surface area contributed by atoms with Crippen LogP contribution in [0.5, 0.6) is 0 Å². The highest BCUT2D eigenvalue weighted by molar-refractivity contribution is 5.14. The van der Waals surface area contributed by atoms with Gasteiger partial charge in [-0.1, -0.05) is 49.4 Å². The van der Waals surface area contributed by atoms with E-state index in [2.05, 4.69) is 43.3 Å². The molecule has 1 aromatic rings. The third kappa shape index (κ3) is 3.55. The van der Waals surface area contributed by atoms with Gasteiger partial charge in [0.2, 0.25) is 0 Å². The van der Waals surface area contributed by atoms with E-state index >= 15 is 0 Å². The van der Waals surface area contributed by atoms with Crippen LogP contribution < -0.4 is 0 Å². The molecule has 25 heavy (non-hydrogen) atoms. The van der Waals surface area contributed by atoms with Gasteiger partial charge in [-0.15, -0.1) is 0 Å². The molecule has 0 saturated heterocycles. The second-order valence-corrected chi connectivity index (χ2v) is 7.93. The zero-order valence-corrected chi connectivity index (χ0v) is 15.3. The summed E-state index contributed by atoms with van der Waals surface area (Å²) in [5.41, 5.74) is 1.23. The molecule has 0 radical (unpaired) electrons. The summed E-state index contributed by atoms with van der Waals surface area (Å²) in [4.78, 5) is 0. The van der Waals surface area contributed by atoms with Gasteiger partial charge in [0.1, 0.15) is 0 Å². The molecule has 3 nitrogen and oxygen atoms in total. The van der Waals surface area contributed by atoms with E-state index in [9.17, 15) is 0 Å². The second kappa shape index (κ2) is 7.61. The number of hydrogen-bond acceptors (Lipinski definition) is 3. The fraction of sp³-hybridized carbons (Fsp3) is 0.636. The summed E-state index contributed by atoms with van der Waals surface area (Å²) in [7, 11) is 1.79. The predicted octanol–water partition coefficient (Wildman–Crippen LogP) is 4.57. The van der Waals surface area contributed by atoms with Gasteiger partial charge in [0, 0.05) is 13.0 Å². The molecule has 0 aliphatic heterocycles. The van der Waals surface area contributed by atoms with Crippen LogP contribution in [0.25, 0.3) is 0 Å². The monoisotopic (exact) mass is 342 g/mol. The molecule has 2 saturated carbocycles. The number of allylic oxidation sites excluding steroid dienone is 2. The lowest BCUT2D eigenvalue weighted by molar-refractivity contribution is -0.213. The molecule has 0 aromatic heterocycles. The molecule has 0 amide bonds. The summed E-state index contributed by atoms with van der Waals surface area (Å²) >= 11 is 0. The lowest BCUT2D eigenvalue weighted by Gasteiger charge is -2.34. The lowest BCUT2D eigenvalue weighted by Crippen LogP contribution is -2.39. The topological polar surface area (TPSA) is 27.7 Å². The molecule has 2 fully saturated rings. The highest BCUT2D eigenvalue weighted by Crippen LogP contribution is 2.50. The van der Waals surface area contributed by atoms with Gasteiger partial charge in [-0.25, -0.2) is 0 Å². The number of ether oxygens (including phenoxy) is 3. The van der Waals surface area contributed by atoms with Crippen molar-refractivity contribution in [2.24, 2.45) is 23.7 Å². The van der Waals surface area contributed by atoms with Gasteiger partial charge in [0.15, 0.2) is 6.29 Å². The van der Waals surface area contributed by atoms with Crippen molar-refractivity contribution >= 4 is 0 Å². The van der Waals surface area contributed by atoms with E-state index in [-0.39, 0.29) is 18.5 Å². The van der Waals surface area contributed by atoms with Crippen molar-refractivity contribution in [1.82, 2.24) is 0 Å². The normalized spacial score (nSPS) is 37.7. The van der Waals surface area contributed by atoms with E-state index in [1.165, 1.54) is 18.4 Å². The van der Waals surface area contributed by atoms with Gasteiger partial charge in [0.05, 0.1) is 18.8 Å². The van der Waals surface area contributed by atoms with E-state index in [1.807, 2.05) is 6.07 Å². The van der Waals surface area contributed by atoms with Gasteiger partial charge in [-0.3, -0.25) is 0 Å². The molecule has 2 bridgehead atoms. The third-order valence-corrected chi connectivity index (χ3v) is 6.48. The van der Waals surface area contributed by atoms with Crippen molar-refractivity contribution in [3.05, 3.63) is 48.0 Å². The first kappa shape index (κ1) is 17.3. The molecule has 136 valence electrons. The fourth-order valence-corrected chi connectivity index (χ4v) is 5.05. The van der Waals surface area contributed by atoms with Crippen LogP contribution in [0.1, 0.15) is 38.2 Å². The second-order valence-electron chi connectivity index (χ2n) is 7.93. The molecule has 3 heteroatoms. The van der Waals surface area contributed by atoms with Crippen LogP contribution in [0.4, 0.5) is 0 Å². The van der Waals surface area contributed by atoms with Crippen LogP contribution in [-0.2, 0) is 20.8 Å². The maximum absolute atomic E-state index is 6.49. The highest BCUT2D eigenvalue weighted by Gasteiger charge is 2.47. The first-order chi connectivity index (χ1) is 12.3. The highest BCUT2D eigenvalue weighted by atomic mass is 16.7. The van der Waals surface area contributed by atoms with Crippen LogP contribution >= 0.6 is 0 Å². The van der Waals surface area contributed by atoms with Crippen LogP contribution in [0.3, 0.4) is 0 Å². The Hall–Kier alpha value is -1.16. The van der Waals surface area contributed by atoms with Crippen LogP contribution in [0.2, 0.25) is 0 Å². The van der Waals surface area contributed by atoms with Crippen molar-refractivity contribution in [3.63, 3.8) is 0 Å². The summed E-state index contributed by atoms with van der Waals surface area (Å²) in [5, 5.41) is 0. The Morgan fingerprint density at radius 1 is 1.04 bits per heavy atom. The summed E-state index contributed by atoms with van der Waals surface area (Å²) < 4.78 is 18.5. The van der Waals surface area contributed by atoms with Gasteiger partial charge >= 0.3 is 0 Å². The summed E-state index contributed by atoms with van der Waals surface area (Å²) in [5.74, 6) is 2.46. The molecule has 0 spiro atoms.